The van der Waals surface area contributed by atoms with Gasteiger partial charge in [0, 0.05) is 9.13 Å². The van der Waals surface area contributed by atoms with Crippen LogP contribution in [0.1, 0.15) is 5.56 Å². The molecule has 1 aromatic rings. The highest BCUT2D eigenvalue weighted by atomic mass is 127. The number of hydrogen-bond donors (Lipinski definition) is 1. The molecule has 2 N–H and O–H groups in total. The van der Waals surface area contributed by atoms with Gasteiger partial charge in [-0.1, -0.05) is 0 Å². The summed E-state index contributed by atoms with van der Waals surface area (Å²) < 4.78 is 117. The normalized spacial score (nSPS) is 13.6. The van der Waals surface area contributed by atoms with Gasteiger partial charge in [0.05, 0.1) is 5.69 Å². The summed E-state index contributed by atoms with van der Waals surface area (Å²) in [7, 11) is 0. The van der Waals surface area contributed by atoms with E-state index in [1.165, 1.54) is 22.6 Å². The van der Waals surface area contributed by atoms with Gasteiger partial charge in [-0.25, -0.2) is 4.39 Å². The first kappa shape index (κ1) is 19.0. The highest BCUT2D eigenvalue weighted by molar-refractivity contribution is 14.1. The van der Waals surface area contributed by atoms with Crippen LogP contribution in [0, 0.1) is 3.57 Å². The molecule has 0 spiro atoms. The van der Waals surface area contributed by atoms with Gasteiger partial charge in [-0.05, 0) is 34.7 Å². The Morgan fingerprint density at radius 1 is 0.955 bits per heavy atom. The fourth-order valence-electron chi connectivity index (χ4n) is 1.47. The zero-order chi connectivity index (χ0) is 17.5. The highest BCUT2D eigenvalue weighted by Crippen LogP contribution is 2.54. The summed E-state index contributed by atoms with van der Waals surface area (Å²) in [4.78, 5) is 0. The van der Waals surface area contributed by atoms with Gasteiger partial charge < -0.3 is 10.5 Å². The van der Waals surface area contributed by atoms with Crippen molar-refractivity contribution in [3.05, 3.63) is 21.3 Å². The lowest BCUT2D eigenvalue weighted by molar-refractivity contribution is -0.348. The molecule has 0 unspecified atom stereocenters. The molecule has 0 amide bonds. The van der Waals surface area contributed by atoms with Crippen molar-refractivity contribution >= 4 is 28.3 Å². The van der Waals surface area contributed by atoms with Crippen molar-refractivity contribution in [2.24, 2.45) is 0 Å². The van der Waals surface area contributed by atoms with Crippen molar-refractivity contribution in [3.8, 4) is 5.75 Å². The molecule has 12 heteroatoms. The second-order valence-electron chi connectivity index (χ2n) is 3.90. The van der Waals surface area contributed by atoms with Crippen molar-refractivity contribution < 1.29 is 44.3 Å². The lowest BCUT2D eigenvalue weighted by Gasteiger charge is -2.30. The minimum atomic E-state index is -6.37. The van der Waals surface area contributed by atoms with E-state index in [1.54, 1.807) is 0 Å². The average molecular weight is 453 g/mol. The number of hydrogen-bond acceptors (Lipinski definition) is 2. The third-order valence-electron chi connectivity index (χ3n) is 2.49. The Morgan fingerprint density at radius 2 is 1.41 bits per heavy atom. The average Bonchev–Trinajstić information content (AvgIpc) is 2.30. The smallest absolute Gasteiger partial charge is 0.433 e. The number of rotatable bonds is 3. The number of ether oxygens (including phenoxy) is 1. The maximum Gasteiger partial charge on any atom is 0.435 e. The van der Waals surface area contributed by atoms with E-state index in [0.717, 1.165) is 0 Å². The van der Waals surface area contributed by atoms with E-state index in [9.17, 15) is 39.5 Å². The number of nitrogens with two attached hydrogens (primary N) is 1. The maximum absolute atomic E-state index is 13.8. The van der Waals surface area contributed by atoms with Crippen LogP contribution in [-0.4, -0.2) is 19.0 Å². The van der Waals surface area contributed by atoms with E-state index in [0.29, 0.717) is 0 Å². The Bertz CT molecular complexity index is 541. The van der Waals surface area contributed by atoms with Crippen LogP contribution < -0.4 is 10.5 Å². The first-order valence-electron chi connectivity index (χ1n) is 5.08. The first-order valence-corrected chi connectivity index (χ1v) is 6.16. The summed E-state index contributed by atoms with van der Waals surface area (Å²) in [5.41, 5.74) is -3.14. The molecule has 0 radical (unpaired) electrons. The Kier molecular flexibility index (Phi) is 5.04. The Morgan fingerprint density at radius 3 is 1.77 bits per heavy atom. The number of halogens is 10. The molecule has 0 saturated heterocycles. The maximum atomic E-state index is 13.8. The monoisotopic (exact) mass is 453 g/mol. The second kappa shape index (κ2) is 5.85. The van der Waals surface area contributed by atoms with Crippen LogP contribution in [0.3, 0.4) is 0 Å². The molecule has 0 aliphatic heterocycles. The van der Waals surface area contributed by atoms with E-state index < -0.39 is 45.2 Å². The van der Waals surface area contributed by atoms with E-state index in [1.807, 2.05) is 0 Å². The zero-order valence-electron chi connectivity index (χ0n) is 10.00. The molecule has 0 aliphatic rings. The van der Waals surface area contributed by atoms with Crippen molar-refractivity contribution in [2.45, 2.75) is 24.6 Å². The topological polar surface area (TPSA) is 35.2 Å². The third kappa shape index (κ3) is 3.30. The zero-order valence-corrected chi connectivity index (χ0v) is 12.2. The van der Waals surface area contributed by atoms with Gasteiger partial charge in [0.25, 0.3) is 0 Å². The number of benzene rings is 1. The summed E-state index contributed by atoms with van der Waals surface area (Å²) >= 11 is 1.17. The van der Waals surface area contributed by atoms with Crippen LogP contribution in [0.5, 0.6) is 5.75 Å². The molecule has 2 nitrogen and oxygen atoms in total. The molecule has 0 fully saturated rings. The fraction of sp³-hybridized carbons (Fsp3) is 0.400. The molecule has 22 heavy (non-hydrogen) atoms. The predicted molar refractivity (Wildman–Crippen MR) is 65.1 cm³/mol. The van der Waals surface area contributed by atoms with Crippen LogP contribution in [0.15, 0.2) is 12.1 Å². The van der Waals surface area contributed by atoms with Gasteiger partial charge in [-0.2, -0.15) is 35.1 Å². The quantitative estimate of drug-likeness (QED) is 0.407. The third-order valence-corrected chi connectivity index (χ3v) is 3.38. The molecule has 0 saturated carbocycles. The highest BCUT2D eigenvalue weighted by Gasteiger charge is 2.73. The molecule has 1 aromatic carbocycles. The largest absolute Gasteiger partial charge is 0.435 e. The molecular formula is C10H5F9INO. The van der Waals surface area contributed by atoms with Crippen molar-refractivity contribution in [3.63, 3.8) is 0 Å². The van der Waals surface area contributed by atoms with Crippen LogP contribution in [0.25, 0.3) is 0 Å². The van der Waals surface area contributed by atoms with Gasteiger partial charge in [0.2, 0.25) is 0 Å². The molecule has 0 aromatic heterocycles. The molecule has 0 heterocycles. The molecule has 1 rings (SSSR count). The van der Waals surface area contributed by atoms with Gasteiger partial charge >= 0.3 is 24.6 Å². The summed E-state index contributed by atoms with van der Waals surface area (Å²) in [5, 5.41) is 0. The lowest BCUT2D eigenvalue weighted by Crippen LogP contribution is -2.50. The molecule has 0 atom stereocenters. The van der Waals surface area contributed by atoms with Gasteiger partial charge in [-0.3, -0.25) is 0 Å². The molecule has 0 aliphatic carbocycles. The predicted octanol–water partition coefficient (Wildman–Crippen LogP) is 4.76. The van der Waals surface area contributed by atoms with Crippen molar-refractivity contribution in [1.29, 1.82) is 0 Å². The first-order chi connectivity index (χ1) is 9.71. The van der Waals surface area contributed by atoms with E-state index in [4.69, 9.17) is 5.73 Å². The van der Waals surface area contributed by atoms with Crippen LogP contribution in [-0.2, 0) is 5.67 Å². The summed E-state index contributed by atoms with van der Waals surface area (Å²) in [5.74, 6) is -1.19. The van der Waals surface area contributed by atoms with Gasteiger partial charge in [0.1, 0.15) is 5.75 Å². The SMILES string of the molecule is Nc1c(I)cc(C(F)(C(F)(F)F)C(F)(F)F)cc1OC(F)F. The summed E-state index contributed by atoms with van der Waals surface area (Å²) in [6, 6.07) is 0.0137. The van der Waals surface area contributed by atoms with Gasteiger partial charge in [-0.15, -0.1) is 0 Å². The van der Waals surface area contributed by atoms with E-state index in [-0.39, 0.29) is 12.1 Å². The van der Waals surface area contributed by atoms with Crippen LogP contribution in [0.4, 0.5) is 45.2 Å². The Labute approximate surface area is 130 Å². The number of anilines is 1. The number of nitrogen functional groups attached to an aromatic ring is 1. The van der Waals surface area contributed by atoms with E-state index in [2.05, 4.69) is 4.74 Å². The van der Waals surface area contributed by atoms with Crippen LogP contribution >= 0.6 is 22.6 Å². The number of alkyl halides is 9. The fourth-order valence-corrected chi connectivity index (χ4v) is 2.07. The standard InChI is InChI=1S/C10H5F9INO/c11-7(12)22-5-2-3(1-4(20)6(5)21)8(13,9(14,15)16)10(17,18)19/h1-2,7H,21H2. The summed E-state index contributed by atoms with van der Waals surface area (Å²) in [6.45, 7) is -3.57. The van der Waals surface area contributed by atoms with Crippen molar-refractivity contribution in [1.82, 2.24) is 0 Å². The van der Waals surface area contributed by atoms with Crippen molar-refractivity contribution in [2.75, 3.05) is 5.73 Å². The Hall–Kier alpha value is -1.08. The Balaban J connectivity index is 3.62. The molecule has 0 bridgehead atoms. The van der Waals surface area contributed by atoms with E-state index >= 15 is 0 Å². The molecular weight excluding hydrogens is 448 g/mol. The second-order valence-corrected chi connectivity index (χ2v) is 5.06. The van der Waals surface area contributed by atoms with Crippen LogP contribution in [0.2, 0.25) is 0 Å². The minimum absolute atomic E-state index is 0.148. The molecule has 126 valence electrons. The minimum Gasteiger partial charge on any atom is -0.433 e. The van der Waals surface area contributed by atoms with Gasteiger partial charge in [0.15, 0.2) is 0 Å². The summed E-state index contributed by atoms with van der Waals surface area (Å²) in [6.07, 6.45) is -12.7. The lowest BCUT2D eigenvalue weighted by atomic mass is 9.93.